The van der Waals surface area contributed by atoms with Gasteiger partial charge in [0.1, 0.15) is 6.69 Å². The van der Waals surface area contributed by atoms with Crippen LogP contribution in [0.4, 0.5) is 0 Å². The maximum absolute atomic E-state index is 3.65. The van der Waals surface area contributed by atoms with Crippen LogP contribution in [0, 0.1) is 0 Å². The van der Waals surface area contributed by atoms with E-state index in [1.807, 2.05) is 6.08 Å². The van der Waals surface area contributed by atoms with E-state index < -0.39 is 6.69 Å². The van der Waals surface area contributed by atoms with Crippen LogP contribution in [0.3, 0.4) is 0 Å². The van der Waals surface area contributed by atoms with Crippen LogP contribution in [0.1, 0.15) is 0 Å². The molecule has 0 aromatic carbocycles. The summed E-state index contributed by atoms with van der Waals surface area (Å²) in [5, 5.41) is 0. The van der Waals surface area contributed by atoms with Crippen LogP contribution in [-0.2, 0) is 0 Å². The Morgan fingerprint density at radius 2 is 2.14 bits per heavy atom. The Hall–Kier alpha value is 0.437. The zero-order chi connectivity index (χ0) is 5.91. The first-order valence-electron chi connectivity index (χ1n) is 2.36. The van der Waals surface area contributed by atoms with E-state index >= 15 is 0 Å². The van der Waals surface area contributed by atoms with Crippen molar-refractivity contribution >= 4 is 22.0 Å². The van der Waals surface area contributed by atoms with Crippen LogP contribution in [0.2, 0.25) is 19.1 Å². The van der Waals surface area contributed by atoms with Gasteiger partial charge in [-0.05, 0) is 6.04 Å². The molecule has 0 amide bonds. The Bertz CT molecular complexity index is 63.0. The van der Waals surface area contributed by atoms with Gasteiger partial charge in [-0.3, -0.25) is 0 Å². The second-order valence-electron chi connectivity index (χ2n) is 2.21. The molecule has 0 aromatic rings. The molecule has 0 aliphatic rings. The highest BCUT2D eigenvalue weighted by atomic mass is 79.9. The summed E-state index contributed by atoms with van der Waals surface area (Å²) in [4.78, 5) is 0. The third-order valence-corrected chi connectivity index (χ3v) is 2.86. The van der Waals surface area contributed by atoms with E-state index in [0.717, 1.165) is 6.04 Å². The van der Waals surface area contributed by atoms with Crippen molar-refractivity contribution in [2.45, 2.75) is 19.1 Å². The Morgan fingerprint density at radius 1 is 1.71 bits per heavy atom. The molecule has 42 valence electrons. The van der Waals surface area contributed by atoms with Crippen molar-refractivity contribution in [1.29, 1.82) is 0 Å². The molecule has 0 aliphatic carbocycles. The number of halogens is 1. The summed E-state index contributed by atoms with van der Waals surface area (Å²) >= 11 is 3.61. The average molecular weight is 179 g/mol. The van der Waals surface area contributed by atoms with Gasteiger partial charge in [0.05, 0.1) is 0 Å². The molecule has 0 spiro atoms. The molecule has 7 heavy (non-hydrogen) atoms. The van der Waals surface area contributed by atoms with Crippen molar-refractivity contribution in [3.05, 3.63) is 12.7 Å². The molecular weight excluding hydrogens is 168 g/mol. The van der Waals surface area contributed by atoms with Crippen molar-refractivity contribution in [2.24, 2.45) is 0 Å². The first kappa shape index (κ1) is 7.44. The predicted octanol–water partition coefficient (Wildman–Crippen LogP) is 2.77. The van der Waals surface area contributed by atoms with Gasteiger partial charge in [-0.1, -0.05) is 19.2 Å². The second-order valence-corrected chi connectivity index (χ2v) is 12.5. The van der Waals surface area contributed by atoms with Gasteiger partial charge >= 0.3 is 0 Å². The maximum Gasteiger partial charge on any atom is 0.128 e. The summed E-state index contributed by atoms with van der Waals surface area (Å²) in [6.07, 6.45) is 1.97. The molecule has 0 atom stereocenters. The van der Waals surface area contributed by atoms with E-state index in [1.54, 1.807) is 0 Å². The molecule has 2 heteroatoms. The highest BCUT2D eigenvalue weighted by Crippen LogP contribution is 2.15. The molecular formula is C5H11BrSi. The van der Waals surface area contributed by atoms with Crippen molar-refractivity contribution in [1.82, 2.24) is 0 Å². The predicted molar refractivity (Wildman–Crippen MR) is 41.4 cm³/mol. The normalized spacial score (nSPS) is 11.3. The van der Waals surface area contributed by atoms with Crippen molar-refractivity contribution in [2.75, 3.05) is 0 Å². The van der Waals surface area contributed by atoms with E-state index in [-0.39, 0.29) is 0 Å². The Balaban J connectivity index is 3.34. The Labute approximate surface area is 54.2 Å². The number of rotatable bonds is 2. The molecule has 0 saturated heterocycles. The highest BCUT2D eigenvalue weighted by molar-refractivity contribution is 9.26. The van der Waals surface area contributed by atoms with Gasteiger partial charge in [0.25, 0.3) is 0 Å². The van der Waals surface area contributed by atoms with E-state index in [0.29, 0.717) is 0 Å². The molecule has 0 N–H and O–H groups in total. The fourth-order valence-electron chi connectivity index (χ4n) is 0.343. The van der Waals surface area contributed by atoms with Gasteiger partial charge in [0, 0.05) is 0 Å². The lowest BCUT2D eigenvalue weighted by Gasteiger charge is -2.07. The van der Waals surface area contributed by atoms with Crippen LogP contribution in [0.5, 0.6) is 0 Å². The van der Waals surface area contributed by atoms with Gasteiger partial charge in [-0.15, -0.1) is 21.9 Å². The molecule has 0 radical (unpaired) electrons. The summed E-state index contributed by atoms with van der Waals surface area (Å²) in [6.45, 7) is 7.21. The van der Waals surface area contributed by atoms with Gasteiger partial charge in [0.15, 0.2) is 0 Å². The minimum atomic E-state index is -0.963. The Morgan fingerprint density at radius 3 is 2.14 bits per heavy atom. The van der Waals surface area contributed by atoms with E-state index in [2.05, 4.69) is 35.0 Å². The number of allylic oxidation sites excluding steroid dienone is 1. The lowest BCUT2D eigenvalue weighted by molar-refractivity contribution is 1.62. The summed E-state index contributed by atoms with van der Waals surface area (Å²) in [6, 6.07) is 1.16. The summed E-state index contributed by atoms with van der Waals surface area (Å²) in [7, 11) is 0. The smallest absolute Gasteiger partial charge is 0.126 e. The zero-order valence-corrected chi connectivity index (χ0v) is 7.46. The number of hydrogen-bond donors (Lipinski definition) is 0. The van der Waals surface area contributed by atoms with E-state index in [1.165, 1.54) is 0 Å². The minimum absolute atomic E-state index is 0.963. The molecule has 0 rings (SSSR count). The number of hydrogen-bond acceptors (Lipinski definition) is 0. The van der Waals surface area contributed by atoms with Crippen molar-refractivity contribution < 1.29 is 0 Å². The molecule has 0 saturated carbocycles. The summed E-state index contributed by atoms with van der Waals surface area (Å²) < 4.78 is 0. The maximum atomic E-state index is 3.65. The lowest BCUT2D eigenvalue weighted by atomic mass is 10.8. The lowest BCUT2D eigenvalue weighted by Crippen LogP contribution is -2.12. The van der Waals surface area contributed by atoms with Gasteiger partial charge < -0.3 is 0 Å². The highest BCUT2D eigenvalue weighted by Gasteiger charge is 2.11. The van der Waals surface area contributed by atoms with Crippen molar-refractivity contribution in [3.63, 3.8) is 0 Å². The van der Waals surface area contributed by atoms with Crippen LogP contribution in [0.25, 0.3) is 0 Å². The standard InChI is InChI=1S/C5H11BrSi/c1-4-5-7(2,3)6/h4H,1,5H2,2-3H3. The monoisotopic (exact) mass is 178 g/mol. The van der Waals surface area contributed by atoms with Crippen LogP contribution in [0.15, 0.2) is 12.7 Å². The van der Waals surface area contributed by atoms with E-state index in [9.17, 15) is 0 Å². The fourth-order valence-corrected chi connectivity index (χ4v) is 1.72. The summed E-state index contributed by atoms with van der Waals surface area (Å²) in [5.74, 6) is 0. The van der Waals surface area contributed by atoms with Gasteiger partial charge in [-0.25, -0.2) is 0 Å². The van der Waals surface area contributed by atoms with E-state index in [4.69, 9.17) is 0 Å². The largest absolute Gasteiger partial charge is 0.128 e. The van der Waals surface area contributed by atoms with Crippen molar-refractivity contribution in [3.8, 4) is 0 Å². The molecule has 0 aliphatic heterocycles. The molecule has 0 fully saturated rings. The minimum Gasteiger partial charge on any atom is -0.126 e. The first-order chi connectivity index (χ1) is 3.06. The first-order valence-corrected chi connectivity index (χ1v) is 7.82. The SMILES string of the molecule is C=CC[Si](C)(C)Br. The van der Waals surface area contributed by atoms with Gasteiger partial charge in [-0.2, -0.15) is 0 Å². The molecule has 0 heterocycles. The topological polar surface area (TPSA) is 0 Å². The molecule has 0 bridgehead atoms. The van der Waals surface area contributed by atoms with Crippen LogP contribution >= 0.6 is 15.3 Å². The molecule has 0 unspecified atom stereocenters. The second kappa shape index (κ2) is 2.67. The third kappa shape index (κ3) is 6.44. The quantitative estimate of drug-likeness (QED) is 0.347. The Kier molecular flexibility index (Phi) is 2.84. The van der Waals surface area contributed by atoms with Crippen LogP contribution in [-0.4, -0.2) is 6.69 Å². The average Bonchev–Trinajstić information content (AvgIpc) is 1.30. The summed E-state index contributed by atoms with van der Waals surface area (Å²) in [5.41, 5.74) is 0. The van der Waals surface area contributed by atoms with Crippen LogP contribution < -0.4 is 0 Å². The van der Waals surface area contributed by atoms with Gasteiger partial charge in [0.2, 0.25) is 0 Å². The third-order valence-electron chi connectivity index (χ3n) is 0.630. The zero-order valence-electron chi connectivity index (χ0n) is 4.87. The molecule has 0 aromatic heterocycles. The molecule has 0 nitrogen and oxygen atoms in total. The fraction of sp³-hybridized carbons (Fsp3) is 0.600.